The number of rotatable bonds is 7. The van der Waals surface area contributed by atoms with Gasteiger partial charge >= 0.3 is 0 Å². The zero-order chi connectivity index (χ0) is 23.7. The second-order valence-electron chi connectivity index (χ2n) is 9.25. The molecule has 1 atom stereocenters. The van der Waals surface area contributed by atoms with Gasteiger partial charge < -0.3 is 14.2 Å². The summed E-state index contributed by atoms with van der Waals surface area (Å²) in [5.41, 5.74) is 6.68. The molecule has 1 saturated heterocycles. The van der Waals surface area contributed by atoms with Gasteiger partial charge in [0.15, 0.2) is 0 Å². The van der Waals surface area contributed by atoms with Gasteiger partial charge in [-0.05, 0) is 74.2 Å². The van der Waals surface area contributed by atoms with Crippen LogP contribution in [0.2, 0.25) is 0 Å². The van der Waals surface area contributed by atoms with E-state index in [4.69, 9.17) is 9.72 Å². The van der Waals surface area contributed by atoms with Gasteiger partial charge in [0.2, 0.25) is 5.91 Å². The third kappa shape index (κ3) is 4.30. The quantitative estimate of drug-likeness (QED) is 0.325. The Morgan fingerprint density at radius 1 is 1.00 bits per heavy atom. The van der Waals surface area contributed by atoms with Gasteiger partial charge in [0, 0.05) is 31.1 Å². The van der Waals surface area contributed by atoms with Crippen molar-refractivity contribution in [2.24, 2.45) is 0 Å². The summed E-state index contributed by atoms with van der Waals surface area (Å²) in [6.45, 7) is 8.35. The van der Waals surface area contributed by atoms with Crippen molar-refractivity contribution in [3.8, 4) is 5.75 Å². The van der Waals surface area contributed by atoms with E-state index in [0.717, 1.165) is 41.3 Å². The third-order valence-corrected chi connectivity index (χ3v) is 6.83. The number of amides is 1. The first-order valence-corrected chi connectivity index (χ1v) is 12.0. The summed E-state index contributed by atoms with van der Waals surface area (Å²) in [5, 5.41) is 0. The molecule has 0 bridgehead atoms. The number of imidazole rings is 1. The molecular weight excluding hydrogens is 422 g/mol. The lowest BCUT2D eigenvalue weighted by Crippen LogP contribution is -2.25. The fourth-order valence-electron chi connectivity index (χ4n) is 4.90. The highest BCUT2D eigenvalue weighted by Gasteiger charge is 2.35. The van der Waals surface area contributed by atoms with Gasteiger partial charge in [-0.1, -0.05) is 36.4 Å². The molecule has 0 aliphatic carbocycles. The Hall–Kier alpha value is -3.60. The average Bonchev–Trinajstić information content (AvgIpc) is 3.39. The molecule has 2 heterocycles. The average molecular weight is 454 g/mol. The molecule has 0 saturated carbocycles. The highest BCUT2D eigenvalue weighted by Crippen LogP contribution is 2.35. The van der Waals surface area contributed by atoms with Gasteiger partial charge in [-0.2, -0.15) is 0 Å². The Labute approximate surface area is 201 Å². The van der Waals surface area contributed by atoms with Crippen LogP contribution in [0.5, 0.6) is 5.75 Å². The Morgan fingerprint density at radius 2 is 1.82 bits per heavy atom. The number of fused-ring (bicyclic) bond motifs is 1. The van der Waals surface area contributed by atoms with E-state index >= 15 is 0 Å². The Bertz CT molecular complexity index is 1340. The fraction of sp³-hybridized carbons (Fsp3) is 0.310. The summed E-state index contributed by atoms with van der Waals surface area (Å²) < 4.78 is 8.27. The van der Waals surface area contributed by atoms with Crippen LogP contribution < -0.4 is 9.64 Å². The van der Waals surface area contributed by atoms with Crippen molar-refractivity contribution in [2.45, 2.75) is 46.1 Å². The Kier molecular flexibility index (Phi) is 6.10. The van der Waals surface area contributed by atoms with E-state index in [-0.39, 0.29) is 11.8 Å². The van der Waals surface area contributed by atoms with E-state index in [0.29, 0.717) is 19.6 Å². The molecule has 34 heavy (non-hydrogen) atoms. The summed E-state index contributed by atoms with van der Waals surface area (Å²) in [5.74, 6) is 2.14. The van der Waals surface area contributed by atoms with E-state index in [9.17, 15) is 4.79 Å². The van der Waals surface area contributed by atoms with E-state index in [1.165, 1.54) is 16.7 Å². The number of hydrogen-bond donors (Lipinski definition) is 0. The molecule has 1 aromatic heterocycles. The molecule has 174 valence electrons. The topological polar surface area (TPSA) is 47.4 Å². The highest BCUT2D eigenvalue weighted by atomic mass is 16.5. The number of hydrogen-bond acceptors (Lipinski definition) is 3. The summed E-state index contributed by atoms with van der Waals surface area (Å²) in [7, 11) is 0. The molecule has 1 aliphatic rings. The lowest BCUT2D eigenvalue weighted by Gasteiger charge is -2.20. The van der Waals surface area contributed by atoms with Gasteiger partial charge in [-0.3, -0.25) is 4.79 Å². The minimum atomic E-state index is 0.0671. The van der Waals surface area contributed by atoms with E-state index < -0.39 is 0 Å². The van der Waals surface area contributed by atoms with Crippen LogP contribution in [0.1, 0.15) is 41.3 Å². The number of aryl methyl sites for hydroxylation is 3. The molecule has 0 radical (unpaired) electrons. The normalized spacial score (nSPS) is 15.9. The van der Waals surface area contributed by atoms with Crippen LogP contribution in [0.25, 0.3) is 11.0 Å². The second kappa shape index (κ2) is 9.34. The third-order valence-electron chi connectivity index (χ3n) is 6.83. The number of aromatic nitrogens is 2. The number of ether oxygens (including phenoxy) is 1. The van der Waals surface area contributed by atoms with E-state index in [2.05, 4.69) is 61.7 Å². The highest BCUT2D eigenvalue weighted by molar-refractivity contribution is 5.97. The number of carbonyl (C=O) groups excluding carboxylic acids is 1. The first kappa shape index (κ1) is 22.2. The standard InChI is InChI=1S/C29H31N3O2/c1-20-9-6-11-24(17-20)34-16-8-15-31-27-13-5-4-12-25(27)30-29(31)23-18-28(33)32(19-23)26-14-7-10-21(2)22(26)3/h4-7,9-14,17,23H,8,15-16,18-19H2,1-3H3. The van der Waals surface area contributed by atoms with Crippen LogP contribution in [0, 0.1) is 20.8 Å². The first-order chi connectivity index (χ1) is 16.5. The lowest BCUT2D eigenvalue weighted by atomic mass is 10.1. The van der Waals surface area contributed by atoms with Gasteiger partial charge in [0.1, 0.15) is 11.6 Å². The molecule has 1 aliphatic heterocycles. The van der Waals surface area contributed by atoms with Gasteiger partial charge in [0.25, 0.3) is 0 Å². The van der Waals surface area contributed by atoms with Crippen molar-refractivity contribution >= 4 is 22.6 Å². The molecule has 5 nitrogen and oxygen atoms in total. The SMILES string of the molecule is Cc1cccc(OCCCn2c(C3CC(=O)N(c4cccc(C)c4C)C3)nc3ccccc32)c1. The zero-order valence-electron chi connectivity index (χ0n) is 20.1. The van der Waals surface area contributed by atoms with Crippen LogP contribution in [-0.4, -0.2) is 28.6 Å². The predicted octanol–water partition coefficient (Wildman–Crippen LogP) is 5.95. The summed E-state index contributed by atoms with van der Waals surface area (Å²) in [6.07, 6.45) is 1.35. The van der Waals surface area contributed by atoms with Crippen LogP contribution >= 0.6 is 0 Å². The lowest BCUT2D eigenvalue weighted by molar-refractivity contribution is -0.117. The fourth-order valence-corrected chi connectivity index (χ4v) is 4.90. The molecule has 3 aromatic carbocycles. The number of anilines is 1. The molecular formula is C29H31N3O2. The smallest absolute Gasteiger partial charge is 0.227 e. The van der Waals surface area contributed by atoms with Gasteiger partial charge in [0.05, 0.1) is 17.6 Å². The number of benzene rings is 3. The van der Waals surface area contributed by atoms with Crippen molar-refractivity contribution in [1.29, 1.82) is 0 Å². The molecule has 0 N–H and O–H groups in total. The maximum absolute atomic E-state index is 13.1. The second-order valence-corrected chi connectivity index (χ2v) is 9.25. The molecule has 5 heteroatoms. The van der Waals surface area contributed by atoms with Crippen molar-refractivity contribution in [3.05, 3.63) is 89.2 Å². The van der Waals surface area contributed by atoms with Crippen molar-refractivity contribution in [3.63, 3.8) is 0 Å². The number of carbonyl (C=O) groups is 1. The van der Waals surface area contributed by atoms with Crippen LogP contribution in [-0.2, 0) is 11.3 Å². The zero-order valence-corrected chi connectivity index (χ0v) is 20.1. The Balaban J connectivity index is 1.36. The minimum absolute atomic E-state index is 0.0671. The molecule has 0 spiro atoms. The van der Waals surface area contributed by atoms with Crippen LogP contribution in [0.4, 0.5) is 5.69 Å². The van der Waals surface area contributed by atoms with Crippen molar-refractivity contribution in [2.75, 3.05) is 18.1 Å². The van der Waals surface area contributed by atoms with Crippen molar-refractivity contribution < 1.29 is 9.53 Å². The van der Waals surface area contributed by atoms with E-state index in [1.54, 1.807) is 0 Å². The molecule has 5 rings (SSSR count). The number of para-hydroxylation sites is 2. The molecule has 1 amide bonds. The molecule has 1 fully saturated rings. The van der Waals surface area contributed by atoms with Crippen LogP contribution in [0.3, 0.4) is 0 Å². The Morgan fingerprint density at radius 3 is 2.68 bits per heavy atom. The van der Waals surface area contributed by atoms with Crippen LogP contribution in [0.15, 0.2) is 66.7 Å². The summed E-state index contributed by atoms with van der Waals surface area (Å²) in [4.78, 5) is 20.0. The van der Waals surface area contributed by atoms with Gasteiger partial charge in [-0.15, -0.1) is 0 Å². The molecule has 1 unspecified atom stereocenters. The van der Waals surface area contributed by atoms with E-state index in [1.807, 2.05) is 35.2 Å². The number of nitrogens with zero attached hydrogens (tertiary/aromatic N) is 3. The maximum atomic E-state index is 13.1. The predicted molar refractivity (Wildman–Crippen MR) is 137 cm³/mol. The minimum Gasteiger partial charge on any atom is -0.494 e. The van der Waals surface area contributed by atoms with Gasteiger partial charge in [-0.25, -0.2) is 4.98 Å². The summed E-state index contributed by atoms with van der Waals surface area (Å²) >= 11 is 0. The van der Waals surface area contributed by atoms with Crippen molar-refractivity contribution in [1.82, 2.24) is 9.55 Å². The largest absolute Gasteiger partial charge is 0.494 e. The first-order valence-electron chi connectivity index (χ1n) is 12.0. The monoisotopic (exact) mass is 453 g/mol. The summed E-state index contributed by atoms with van der Waals surface area (Å²) in [6, 6.07) is 22.6. The molecule has 4 aromatic rings. The maximum Gasteiger partial charge on any atom is 0.227 e.